The Morgan fingerprint density at radius 2 is 1.89 bits per heavy atom. The molecule has 0 unspecified atom stereocenters. The van der Waals surface area contributed by atoms with Gasteiger partial charge in [0.15, 0.2) is 0 Å². The molecule has 18 heavy (non-hydrogen) atoms. The number of rotatable bonds is 6. The predicted molar refractivity (Wildman–Crippen MR) is 69.4 cm³/mol. The van der Waals surface area contributed by atoms with Crippen molar-refractivity contribution in [3.63, 3.8) is 0 Å². The Morgan fingerprint density at radius 1 is 1.22 bits per heavy atom. The minimum absolute atomic E-state index is 0.0937. The van der Waals surface area contributed by atoms with Gasteiger partial charge >= 0.3 is 5.97 Å². The maximum absolute atomic E-state index is 11.3. The van der Waals surface area contributed by atoms with Crippen LogP contribution in [-0.4, -0.2) is 33.3 Å². The zero-order chi connectivity index (χ0) is 13.5. The van der Waals surface area contributed by atoms with Crippen LogP contribution >= 0.6 is 0 Å². The second-order valence-corrected chi connectivity index (χ2v) is 3.68. The first-order chi connectivity index (χ1) is 8.62. The van der Waals surface area contributed by atoms with E-state index in [2.05, 4.69) is 5.32 Å². The third kappa shape index (κ3) is 3.55. The molecule has 0 amide bonds. The monoisotopic (exact) mass is 253 g/mol. The zero-order valence-electron chi connectivity index (χ0n) is 11.2. The molecule has 1 aromatic carbocycles. The molecule has 0 heterocycles. The highest BCUT2D eigenvalue weighted by atomic mass is 16.5. The van der Waals surface area contributed by atoms with E-state index >= 15 is 0 Å². The topological polar surface area (TPSA) is 56.8 Å². The minimum Gasteiger partial charge on any atom is -0.496 e. The lowest BCUT2D eigenvalue weighted by molar-refractivity contribution is -0.140. The predicted octanol–water partition coefficient (Wildman–Crippen LogP) is 1.99. The molecule has 0 radical (unpaired) electrons. The molecule has 0 fully saturated rings. The van der Waals surface area contributed by atoms with Crippen molar-refractivity contribution < 1.29 is 19.0 Å². The van der Waals surface area contributed by atoms with Gasteiger partial charge in [0.2, 0.25) is 0 Å². The van der Waals surface area contributed by atoms with Gasteiger partial charge in [0.25, 0.3) is 0 Å². The maximum Gasteiger partial charge on any atom is 0.325 e. The number of aryl methyl sites for hydroxylation is 1. The van der Waals surface area contributed by atoms with Crippen molar-refractivity contribution in [1.82, 2.24) is 0 Å². The van der Waals surface area contributed by atoms with Crippen LogP contribution in [0.2, 0.25) is 0 Å². The van der Waals surface area contributed by atoms with Gasteiger partial charge in [-0.05, 0) is 25.5 Å². The maximum atomic E-state index is 11.3. The van der Waals surface area contributed by atoms with Gasteiger partial charge in [-0.1, -0.05) is 0 Å². The van der Waals surface area contributed by atoms with Crippen LogP contribution in [0, 0.1) is 6.92 Å². The second kappa shape index (κ2) is 6.74. The Bertz CT molecular complexity index is 418. The van der Waals surface area contributed by atoms with Crippen LogP contribution in [0.25, 0.3) is 0 Å². The lowest BCUT2D eigenvalue weighted by atomic mass is 10.2. The van der Waals surface area contributed by atoms with E-state index in [9.17, 15) is 4.79 Å². The Balaban J connectivity index is 2.83. The number of ether oxygens (including phenoxy) is 3. The number of methoxy groups -OCH3 is 2. The SMILES string of the molecule is CCOC(=O)CNc1cc(OC)c(C)cc1OC. The molecule has 0 saturated carbocycles. The molecule has 0 aliphatic rings. The van der Waals surface area contributed by atoms with Crippen LogP contribution in [0.4, 0.5) is 5.69 Å². The van der Waals surface area contributed by atoms with Crippen LogP contribution in [0.3, 0.4) is 0 Å². The number of anilines is 1. The van der Waals surface area contributed by atoms with Crippen molar-refractivity contribution in [2.24, 2.45) is 0 Å². The summed E-state index contributed by atoms with van der Waals surface area (Å²) in [5.41, 5.74) is 1.67. The molecule has 5 nitrogen and oxygen atoms in total. The molecular weight excluding hydrogens is 234 g/mol. The van der Waals surface area contributed by atoms with E-state index in [0.717, 1.165) is 11.3 Å². The summed E-state index contributed by atoms with van der Waals surface area (Å²) in [6.45, 7) is 4.16. The van der Waals surface area contributed by atoms with E-state index in [1.165, 1.54) is 0 Å². The number of benzene rings is 1. The van der Waals surface area contributed by atoms with Gasteiger partial charge in [-0.25, -0.2) is 0 Å². The average molecular weight is 253 g/mol. The lowest BCUT2D eigenvalue weighted by Gasteiger charge is -2.14. The standard InChI is InChI=1S/C13H19NO4/c1-5-18-13(15)8-14-10-7-11(16-3)9(2)6-12(10)17-4/h6-7,14H,5,8H2,1-4H3. The fourth-order valence-electron chi connectivity index (χ4n) is 1.57. The third-order valence-electron chi connectivity index (χ3n) is 2.45. The molecule has 0 atom stereocenters. The van der Waals surface area contributed by atoms with Gasteiger partial charge in [0.1, 0.15) is 18.0 Å². The quantitative estimate of drug-likeness (QED) is 0.786. The molecule has 0 aliphatic carbocycles. The first-order valence-electron chi connectivity index (χ1n) is 5.74. The van der Waals surface area contributed by atoms with Gasteiger partial charge in [-0.15, -0.1) is 0 Å². The largest absolute Gasteiger partial charge is 0.496 e. The third-order valence-corrected chi connectivity index (χ3v) is 2.45. The fraction of sp³-hybridized carbons (Fsp3) is 0.462. The number of esters is 1. The van der Waals surface area contributed by atoms with E-state index in [0.29, 0.717) is 18.0 Å². The van der Waals surface area contributed by atoms with Crippen LogP contribution in [0.15, 0.2) is 12.1 Å². The van der Waals surface area contributed by atoms with Gasteiger partial charge in [0.05, 0.1) is 26.5 Å². The van der Waals surface area contributed by atoms with Crippen LogP contribution in [0.5, 0.6) is 11.5 Å². The summed E-state index contributed by atoms with van der Waals surface area (Å²) in [7, 11) is 3.18. The van der Waals surface area contributed by atoms with Crippen LogP contribution in [-0.2, 0) is 9.53 Å². The summed E-state index contributed by atoms with van der Waals surface area (Å²) in [6.07, 6.45) is 0. The highest BCUT2D eigenvalue weighted by molar-refractivity contribution is 5.76. The molecule has 1 aromatic rings. The summed E-state index contributed by atoms with van der Waals surface area (Å²) in [5, 5.41) is 2.97. The van der Waals surface area contributed by atoms with Crippen LogP contribution < -0.4 is 14.8 Å². The number of hydrogen-bond donors (Lipinski definition) is 1. The van der Waals surface area contributed by atoms with Gasteiger partial charge < -0.3 is 19.5 Å². The van der Waals surface area contributed by atoms with Crippen molar-refractivity contribution >= 4 is 11.7 Å². The summed E-state index contributed by atoms with van der Waals surface area (Å²) in [5.74, 6) is 1.10. The molecule has 5 heteroatoms. The highest BCUT2D eigenvalue weighted by Gasteiger charge is 2.10. The first-order valence-corrected chi connectivity index (χ1v) is 5.74. The Labute approximate surface area is 107 Å². The zero-order valence-corrected chi connectivity index (χ0v) is 11.2. The lowest BCUT2D eigenvalue weighted by Crippen LogP contribution is -2.17. The molecule has 0 spiro atoms. The van der Waals surface area contributed by atoms with E-state index in [1.807, 2.05) is 13.0 Å². The minimum atomic E-state index is -0.306. The van der Waals surface area contributed by atoms with Crippen LogP contribution in [0.1, 0.15) is 12.5 Å². The van der Waals surface area contributed by atoms with Gasteiger partial charge in [0, 0.05) is 6.07 Å². The normalized spacial score (nSPS) is 9.78. The Hall–Kier alpha value is -1.91. The summed E-state index contributed by atoms with van der Waals surface area (Å²) in [4.78, 5) is 11.3. The number of nitrogens with one attached hydrogen (secondary N) is 1. The Morgan fingerprint density at radius 3 is 2.44 bits per heavy atom. The van der Waals surface area contributed by atoms with Crippen molar-refractivity contribution in [3.05, 3.63) is 17.7 Å². The van der Waals surface area contributed by atoms with Gasteiger partial charge in [-0.2, -0.15) is 0 Å². The molecule has 1 N–H and O–H groups in total. The summed E-state index contributed by atoms with van der Waals surface area (Å²) >= 11 is 0. The molecular formula is C13H19NO4. The number of hydrogen-bond acceptors (Lipinski definition) is 5. The Kier molecular flexibility index (Phi) is 5.30. The molecule has 0 saturated heterocycles. The van der Waals surface area contributed by atoms with E-state index in [4.69, 9.17) is 14.2 Å². The molecule has 1 rings (SSSR count). The van der Waals surface area contributed by atoms with E-state index < -0.39 is 0 Å². The molecule has 0 aliphatic heterocycles. The second-order valence-electron chi connectivity index (χ2n) is 3.68. The van der Waals surface area contributed by atoms with E-state index in [1.54, 1.807) is 27.2 Å². The van der Waals surface area contributed by atoms with E-state index in [-0.39, 0.29) is 12.5 Å². The fourth-order valence-corrected chi connectivity index (χ4v) is 1.57. The smallest absolute Gasteiger partial charge is 0.325 e. The summed E-state index contributed by atoms with van der Waals surface area (Å²) < 4.78 is 15.3. The number of carbonyl (C=O) groups excluding carboxylic acids is 1. The van der Waals surface area contributed by atoms with Crippen molar-refractivity contribution in [3.8, 4) is 11.5 Å². The first kappa shape index (κ1) is 14.2. The van der Waals surface area contributed by atoms with Crippen molar-refractivity contribution in [2.45, 2.75) is 13.8 Å². The van der Waals surface area contributed by atoms with Crippen molar-refractivity contribution in [2.75, 3.05) is 32.7 Å². The summed E-state index contributed by atoms with van der Waals surface area (Å²) in [6, 6.07) is 3.65. The van der Waals surface area contributed by atoms with Crippen molar-refractivity contribution in [1.29, 1.82) is 0 Å². The number of carbonyl (C=O) groups is 1. The molecule has 100 valence electrons. The highest BCUT2D eigenvalue weighted by Crippen LogP contribution is 2.32. The molecule has 0 aromatic heterocycles. The van der Waals surface area contributed by atoms with Gasteiger partial charge in [-0.3, -0.25) is 4.79 Å². The average Bonchev–Trinajstić information content (AvgIpc) is 2.37. The molecule has 0 bridgehead atoms.